The highest BCUT2D eigenvalue weighted by atomic mass is 19.4. The van der Waals surface area contributed by atoms with Gasteiger partial charge in [0.2, 0.25) is 5.91 Å². The van der Waals surface area contributed by atoms with E-state index in [2.05, 4.69) is 15.4 Å². The van der Waals surface area contributed by atoms with Gasteiger partial charge in [-0.05, 0) is 0 Å². The van der Waals surface area contributed by atoms with Crippen molar-refractivity contribution < 1.29 is 18.0 Å². The largest absolute Gasteiger partial charge is 0.435 e. The number of alkyl halides is 3. The van der Waals surface area contributed by atoms with Gasteiger partial charge in [-0.25, -0.2) is 9.50 Å². The van der Waals surface area contributed by atoms with Crippen LogP contribution < -0.4 is 11.1 Å². The lowest BCUT2D eigenvalue weighted by Gasteiger charge is -2.04. The Morgan fingerprint density at radius 3 is 2.84 bits per heavy atom. The fraction of sp³-hybridized carbons (Fsp3) is 0.300. The summed E-state index contributed by atoms with van der Waals surface area (Å²) < 4.78 is 38.7. The van der Waals surface area contributed by atoms with Crippen LogP contribution in [0.1, 0.15) is 12.1 Å². The van der Waals surface area contributed by atoms with E-state index >= 15 is 0 Å². The third kappa shape index (κ3) is 2.92. The Balaban J connectivity index is 2.29. The molecule has 1 amide bonds. The Bertz CT molecular complexity index is 607. The number of nitrogens with one attached hydrogen (secondary N) is 1. The molecule has 2 aromatic heterocycles. The number of carbonyl (C=O) groups is 1. The summed E-state index contributed by atoms with van der Waals surface area (Å²) >= 11 is 0. The van der Waals surface area contributed by atoms with E-state index in [1.54, 1.807) is 0 Å². The Hall–Kier alpha value is -2.32. The number of amides is 1. The summed E-state index contributed by atoms with van der Waals surface area (Å²) in [6.45, 7) is 0.189. The fourth-order valence-corrected chi connectivity index (χ4v) is 1.50. The molecule has 0 aromatic carbocycles. The quantitative estimate of drug-likeness (QED) is 0.871. The first kappa shape index (κ1) is 13.1. The van der Waals surface area contributed by atoms with Gasteiger partial charge in [0.25, 0.3) is 0 Å². The van der Waals surface area contributed by atoms with Gasteiger partial charge in [0, 0.05) is 31.4 Å². The maximum atomic E-state index is 12.5. The molecule has 2 rings (SSSR count). The highest BCUT2D eigenvalue weighted by Gasteiger charge is 2.34. The van der Waals surface area contributed by atoms with Crippen LogP contribution >= 0.6 is 0 Å². The van der Waals surface area contributed by atoms with Crippen LogP contribution in [-0.2, 0) is 11.0 Å². The average Bonchev–Trinajstić information content (AvgIpc) is 2.72. The van der Waals surface area contributed by atoms with Gasteiger partial charge >= 0.3 is 6.18 Å². The predicted octanol–water partition coefficient (Wildman–Crippen LogP) is 1.04. The van der Waals surface area contributed by atoms with Crippen LogP contribution in [-0.4, -0.2) is 27.0 Å². The van der Waals surface area contributed by atoms with Crippen molar-refractivity contribution in [1.29, 1.82) is 0 Å². The number of anilines is 1. The van der Waals surface area contributed by atoms with Crippen LogP contribution in [0.5, 0.6) is 0 Å². The highest BCUT2D eigenvalue weighted by molar-refractivity contribution is 5.75. The minimum Gasteiger partial charge on any atom is -0.370 e. The fourth-order valence-electron chi connectivity index (χ4n) is 1.50. The third-order valence-corrected chi connectivity index (χ3v) is 2.34. The van der Waals surface area contributed by atoms with E-state index in [4.69, 9.17) is 5.73 Å². The van der Waals surface area contributed by atoms with Gasteiger partial charge in [-0.15, -0.1) is 0 Å². The normalized spacial score (nSPS) is 11.7. The minimum atomic E-state index is -4.52. The summed E-state index contributed by atoms with van der Waals surface area (Å²) in [5, 5.41) is 6.15. The lowest BCUT2D eigenvalue weighted by atomic mass is 10.3. The molecule has 19 heavy (non-hydrogen) atoms. The SMILES string of the molecule is NC(=O)CCNc1nccn2nc(C(F)(F)F)cc12. The molecule has 0 fully saturated rings. The van der Waals surface area contributed by atoms with E-state index in [9.17, 15) is 18.0 Å². The van der Waals surface area contributed by atoms with Crippen molar-refractivity contribution in [2.45, 2.75) is 12.6 Å². The molecule has 0 aliphatic rings. The van der Waals surface area contributed by atoms with Crippen LogP contribution in [0.4, 0.5) is 19.0 Å². The summed E-state index contributed by atoms with van der Waals surface area (Å²) in [4.78, 5) is 14.5. The number of nitrogens with two attached hydrogens (primary N) is 1. The number of aromatic nitrogens is 3. The zero-order valence-electron chi connectivity index (χ0n) is 9.61. The van der Waals surface area contributed by atoms with Crippen LogP contribution in [0.25, 0.3) is 5.52 Å². The van der Waals surface area contributed by atoms with Crippen molar-refractivity contribution in [3.8, 4) is 0 Å². The lowest BCUT2D eigenvalue weighted by molar-refractivity contribution is -0.141. The Labute approximate surface area is 105 Å². The zero-order chi connectivity index (χ0) is 14.0. The van der Waals surface area contributed by atoms with Crippen molar-refractivity contribution >= 4 is 17.2 Å². The Morgan fingerprint density at radius 2 is 2.21 bits per heavy atom. The number of primary amides is 1. The van der Waals surface area contributed by atoms with Crippen molar-refractivity contribution in [3.63, 3.8) is 0 Å². The standard InChI is InChI=1S/C10H10F3N5O/c11-10(12,13)7-5-6-9(15-2-1-8(14)19)16-3-4-18(6)17-7/h3-5H,1-2H2,(H2,14,19)(H,15,16). The molecule has 0 saturated carbocycles. The van der Waals surface area contributed by atoms with E-state index in [0.717, 1.165) is 10.6 Å². The third-order valence-electron chi connectivity index (χ3n) is 2.34. The summed E-state index contributed by atoms with van der Waals surface area (Å²) in [5.74, 6) is -0.296. The molecule has 0 spiro atoms. The maximum absolute atomic E-state index is 12.5. The summed E-state index contributed by atoms with van der Waals surface area (Å²) in [6, 6.07) is 0.888. The van der Waals surface area contributed by atoms with Gasteiger partial charge in [-0.1, -0.05) is 0 Å². The second-order valence-electron chi connectivity index (χ2n) is 3.78. The number of carbonyl (C=O) groups excluding carboxylic acids is 1. The topological polar surface area (TPSA) is 85.3 Å². The monoisotopic (exact) mass is 273 g/mol. The van der Waals surface area contributed by atoms with Gasteiger partial charge in [0.1, 0.15) is 5.52 Å². The van der Waals surface area contributed by atoms with Crippen molar-refractivity contribution in [2.75, 3.05) is 11.9 Å². The molecule has 0 aliphatic heterocycles. The summed E-state index contributed by atoms with van der Waals surface area (Å²) in [6.07, 6.45) is -1.84. The number of nitrogens with zero attached hydrogens (tertiary/aromatic N) is 3. The molecule has 3 N–H and O–H groups in total. The average molecular weight is 273 g/mol. The molecule has 0 atom stereocenters. The van der Waals surface area contributed by atoms with Crippen molar-refractivity contribution in [1.82, 2.24) is 14.6 Å². The highest BCUT2D eigenvalue weighted by Crippen LogP contribution is 2.29. The maximum Gasteiger partial charge on any atom is 0.435 e. The first-order chi connectivity index (χ1) is 8.88. The molecule has 6 nitrogen and oxygen atoms in total. The second kappa shape index (κ2) is 4.75. The van der Waals surface area contributed by atoms with Crippen LogP contribution in [0, 0.1) is 0 Å². The number of rotatable bonds is 4. The van der Waals surface area contributed by atoms with Crippen LogP contribution in [0.3, 0.4) is 0 Å². The molecule has 0 bridgehead atoms. The molecule has 2 aromatic rings. The van der Waals surface area contributed by atoms with E-state index in [1.165, 1.54) is 12.4 Å². The number of fused-ring (bicyclic) bond motifs is 1. The molecule has 9 heteroatoms. The van der Waals surface area contributed by atoms with Crippen molar-refractivity contribution in [2.24, 2.45) is 5.73 Å². The van der Waals surface area contributed by atoms with E-state index < -0.39 is 17.8 Å². The molecule has 0 saturated heterocycles. The first-order valence-corrected chi connectivity index (χ1v) is 5.31. The lowest BCUT2D eigenvalue weighted by Crippen LogP contribution is -2.16. The van der Waals surface area contributed by atoms with Crippen LogP contribution in [0.2, 0.25) is 0 Å². The van der Waals surface area contributed by atoms with Gasteiger partial charge in [-0.2, -0.15) is 18.3 Å². The van der Waals surface area contributed by atoms with Crippen molar-refractivity contribution in [3.05, 3.63) is 24.2 Å². The molecule has 2 heterocycles. The number of hydrogen-bond acceptors (Lipinski definition) is 4. The smallest absolute Gasteiger partial charge is 0.370 e. The molecule has 0 unspecified atom stereocenters. The molecule has 102 valence electrons. The van der Waals surface area contributed by atoms with E-state index in [1.807, 2.05) is 0 Å². The van der Waals surface area contributed by atoms with E-state index in [0.29, 0.717) is 0 Å². The Morgan fingerprint density at radius 1 is 1.47 bits per heavy atom. The van der Waals surface area contributed by atoms with Gasteiger partial charge in [0.15, 0.2) is 11.5 Å². The Kier molecular flexibility index (Phi) is 3.28. The van der Waals surface area contributed by atoms with E-state index in [-0.39, 0.29) is 24.3 Å². The molecule has 0 radical (unpaired) electrons. The van der Waals surface area contributed by atoms with Gasteiger partial charge in [0.05, 0.1) is 0 Å². The number of halogens is 3. The van der Waals surface area contributed by atoms with Gasteiger partial charge < -0.3 is 11.1 Å². The zero-order valence-corrected chi connectivity index (χ0v) is 9.61. The van der Waals surface area contributed by atoms with Gasteiger partial charge in [-0.3, -0.25) is 4.79 Å². The molecular formula is C10H10F3N5O. The van der Waals surface area contributed by atoms with Crippen LogP contribution in [0.15, 0.2) is 18.5 Å². The molecule has 0 aliphatic carbocycles. The first-order valence-electron chi connectivity index (χ1n) is 5.31. The summed E-state index contributed by atoms with van der Waals surface area (Å²) in [5.41, 5.74) is 4.14. The minimum absolute atomic E-state index is 0.0585. The number of hydrogen-bond donors (Lipinski definition) is 2. The predicted molar refractivity (Wildman–Crippen MR) is 60.3 cm³/mol. The molecular weight excluding hydrogens is 263 g/mol. The second-order valence-corrected chi connectivity index (χ2v) is 3.78. The summed E-state index contributed by atoms with van der Waals surface area (Å²) in [7, 11) is 0.